The molecule has 1 aromatic carbocycles. The van der Waals surface area contributed by atoms with Crippen LogP contribution in [0.15, 0.2) is 18.2 Å². The Morgan fingerprint density at radius 2 is 1.75 bits per heavy atom. The first kappa shape index (κ1) is 16.0. The van der Waals surface area contributed by atoms with Crippen molar-refractivity contribution in [3.63, 3.8) is 0 Å². The highest BCUT2D eigenvalue weighted by Gasteiger charge is 2.50. The van der Waals surface area contributed by atoms with Gasteiger partial charge in [0, 0.05) is 5.69 Å². The molecule has 1 aromatic rings. The number of hydrogen-bond acceptors (Lipinski definition) is 3. The van der Waals surface area contributed by atoms with Crippen LogP contribution >= 0.6 is 0 Å². The van der Waals surface area contributed by atoms with Gasteiger partial charge in [0.15, 0.2) is 0 Å². The average molecular weight is 327 g/mol. The Bertz CT molecular complexity index is 614. The highest BCUT2D eigenvalue weighted by atomic mass is 16.5. The summed E-state index contributed by atoms with van der Waals surface area (Å²) in [5.74, 6) is 2.59. The van der Waals surface area contributed by atoms with Crippen molar-refractivity contribution in [3.05, 3.63) is 29.3 Å². The van der Waals surface area contributed by atoms with Gasteiger partial charge in [-0.05, 0) is 99.7 Å². The van der Waals surface area contributed by atoms with E-state index in [1.165, 1.54) is 44.1 Å². The summed E-state index contributed by atoms with van der Waals surface area (Å²) in [6, 6.07) is 5.75. The first-order valence-corrected chi connectivity index (χ1v) is 9.52. The standard InChI is InChI=1S/C21H29NO2/c1-13(2)24-20(23)17-3-4-18(19(22)8-17)12-21-9-14-5-15(10-21)7-16(6-14)11-21/h3-4,8,13-16H,5-7,9-12,22H2,1-2H3. The fourth-order valence-corrected chi connectivity index (χ4v) is 6.08. The van der Waals surface area contributed by atoms with Crippen molar-refractivity contribution < 1.29 is 9.53 Å². The zero-order chi connectivity index (χ0) is 16.9. The molecule has 130 valence electrons. The number of nitrogens with two attached hydrogens (primary N) is 1. The lowest BCUT2D eigenvalue weighted by atomic mass is 9.48. The lowest BCUT2D eigenvalue weighted by Crippen LogP contribution is -2.47. The quantitative estimate of drug-likeness (QED) is 0.650. The molecule has 4 saturated carbocycles. The number of esters is 1. The molecule has 0 unspecified atom stereocenters. The van der Waals surface area contributed by atoms with E-state index in [1.807, 2.05) is 19.9 Å². The van der Waals surface area contributed by atoms with Gasteiger partial charge in [-0.25, -0.2) is 4.79 Å². The van der Waals surface area contributed by atoms with Crippen molar-refractivity contribution in [2.75, 3.05) is 5.73 Å². The van der Waals surface area contributed by atoms with Crippen molar-refractivity contribution in [1.82, 2.24) is 0 Å². The number of hydrogen-bond donors (Lipinski definition) is 1. The van der Waals surface area contributed by atoms with Gasteiger partial charge in [-0.2, -0.15) is 0 Å². The van der Waals surface area contributed by atoms with Crippen LogP contribution in [0.25, 0.3) is 0 Å². The molecule has 0 aliphatic heterocycles. The smallest absolute Gasteiger partial charge is 0.338 e. The van der Waals surface area contributed by atoms with Crippen LogP contribution in [0.3, 0.4) is 0 Å². The normalized spacial score (nSPS) is 33.9. The van der Waals surface area contributed by atoms with E-state index in [4.69, 9.17) is 10.5 Å². The Balaban J connectivity index is 1.52. The van der Waals surface area contributed by atoms with Crippen LogP contribution in [0, 0.1) is 23.2 Å². The fourth-order valence-electron chi connectivity index (χ4n) is 6.08. The summed E-state index contributed by atoms with van der Waals surface area (Å²) < 4.78 is 5.27. The Labute approximate surface area is 145 Å². The molecule has 4 aliphatic carbocycles. The Kier molecular flexibility index (Phi) is 3.85. The summed E-state index contributed by atoms with van der Waals surface area (Å²) >= 11 is 0. The minimum atomic E-state index is -0.280. The van der Waals surface area contributed by atoms with Crippen LogP contribution in [0.5, 0.6) is 0 Å². The summed E-state index contributed by atoms with van der Waals surface area (Å²) in [6.45, 7) is 3.73. The lowest BCUT2D eigenvalue weighted by molar-refractivity contribution is -0.0521. The molecule has 4 fully saturated rings. The maximum Gasteiger partial charge on any atom is 0.338 e. The minimum Gasteiger partial charge on any atom is -0.459 e. The number of carbonyl (C=O) groups is 1. The first-order chi connectivity index (χ1) is 11.4. The molecule has 3 nitrogen and oxygen atoms in total. The summed E-state index contributed by atoms with van der Waals surface area (Å²) in [6.07, 6.45) is 9.53. The predicted octanol–water partition coefficient (Wildman–Crippen LogP) is 4.59. The SMILES string of the molecule is CC(C)OC(=O)c1ccc(CC23CC4CC(CC(C4)C2)C3)c(N)c1. The van der Waals surface area contributed by atoms with Gasteiger partial charge >= 0.3 is 5.97 Å². The van der Waals surface area contributed by atoms with Crippen molar-refractivity contribution >= 4 is 11.7 Å². The zero-order valence-corrected chi connectivity index (χ0v) is 14.9. The number of ether oxygens (including phenoxy) is 1. The van der Waals surface area contributed by atoms with Crippen LogP contribution in [-0.2, 0) is 11.2 Å². The van der Waals surface area contributed by atoms with Gasteiger partial charge in [-0.3, -0.25) is 0 Å². The second-order valence-corrected chi connectivity index (χ2v) is 8.96. The van der Waals surface area contributed by atoms with Gasteiger partial charge in [0.1, 0.15) is 0 Å². The Hall–Kier alpha value is -1.51. The number of carbonyl (C=O) groups excluding carboxylic acids is 1. The van der Waals surface area contributed by atoms with Crippen LogP contribution in [0.2, 0.25) is 0 Å². The monoisotopic (exact) mass is 327 g/mol. The average Bonchev–Trinajstić information content (AvgIpc) is 2.47. The van der Waals surface area contributed by atoms with Gasteiger partial charge < -0.3 is 10.5 Å². The maximum absolute atomic E-state index is 12.1. The third kappa shape index (κ3) is 2.94. The van der Waals surface area contributed by atoms with Crippen molar-refractivity contribution in [2.24, 2.45) is 23.2 Å². The largest absolute Gasteiger partial charge is 0.459 e. The summed E-state index contributed by atoms with van der Waals surface area (Å²) in [5.41, 5.74) is 9.33. The van der Waals surface area contributed by atoms with E-state index in [2.05, 4.69) is 6.07 Å². The molecule has 0 spiro atoms. The highest BCUT2D eigenvalue weighted by molar-refractivity contribution is 5.90. The molecule has 0 saturated heterocycles. The van der Waals surface area contributed by atoms with Crippen LogP contribution in [0.1, 0.15) is 68.3 Å². The van der Waals surface area contributed by atoms with E-state index in [1.54, 1.807) is 6.07 Å². The number of anilines is 1. The number of nitrogen functional groups attached to an aromatic ring is 1. The lowest BCUT2D eigenvalue weighted by Gasteiger charge is -2.57. The minimum absolute atomic E-state index is 0.106. The first-order valence-electron chi connectivity index (χ1n) is 9.52. The fraction of sp³-hybridized carbons (Fsp3) is 0.667. The van der Waals surface area contributed by atoms with Gasteiger partial charge in [0.2, 0.25) is 0 Å². The van der Waals surface area contributed by atoms with Gasteiger partial charge in [-0.1, -0.05) is 6.07 Å². The van der Waals surface area contributed by atoms with E-state index in [9.17, 15) is 4.79 Å². The molecule has 24 heavy (non-hydrogen) atoms. The van der Waals surface area contributed by atoms with Gasteiger partial charge in [0.05, 0.1) is 11.7 Å². The zero-order valence-electron chi connectivity index (χ0n) is 14.9. The van der Waals surface area contributed by atoms with E-state index in [0.29, 0.717) is 11.0 Å². The van der Waals surface area contributed by atoms with Crippen molar-refractivity contribution in [2.45, 2.75) is 64.9 Å². The molecule has 0 heterocycles. The molecule has 4 bridgehead atoms. The predicted molar refractivity (Wildman–Crippen MR) is 95.7 cm³/mol. The van der Waals surface area contributed by atoms with Crippen molar-refractivity contribution in [3.8, 4) is 0 Å². The number of benzene rings is 1. The summed E-state index contributed by atoms with van der Waals surface area (Å²) in [4.78, 5) is 12.1. The summed E-state index contributed by atoms with van der Waals surface area (Å²) in [7, 11) is 0. The van der Waals surface area contributed by atoms with Crippen LogP contribution in [-0.4, -0.2) is 12.1 Å². The topological polar surface area (TPSA) is 52.3 Å². The second-order valence-electron chi connectivity index (χ2n) is 8.96. The van der Waals surface area contributed by atoms with Gasteiger partial charge in [0.25, 0.3) is 0 Å². The maximum atomic E-state index is 12.1. The van der Waals surface area contributed by atoms with E-state index in [0.717, 1.165) is 29.9 Å². The third-order valence-corrected chi connectivity index (χ3v) is 6.45. The van der Waals surface area contributed by atoms with Gasteiger partial charge in [-0.15, -0.1) is 0 Å². The van der Waals surface area contributed by atoms with E-state index < -0.39 is 0 Å². The molecule has 0 radical (unpaired) electrons. The molecule has 4 aliphatic rings. The molecule has 0 aromatic heterocycles. The van der Waals surface area contributed by atoms with E-state index >= 15 is 0 Å². The van der Waals surface area contributed by atoms with Crippen LogP contribution in [0.4, 0.5) is 5.69 Å². The highest BCUT2D eigenvalue weighted by Crippen LogP contribution is 2.61. The Morgan fingerprint density at radius 1 is 1.17 bits per heavy atom. The Morgan fingerprint density at radius 3 is 2.25 bits per heavy atom. The molecule has 0 amide bonds. The molecule has 2 N–H and O–H groups in total. The molecular weight excluding hydrogens is 298 g/mol. The second kappa shape index (κ2) is 5.79. The molecular formula is C21H29NO2. The third-order valence-electron chi connectivity index (χ3n) is 6.45. The summed E-state index contributed by atoms with van der Waals surface area (Å²) in [5, 5.41) is 0. The molecule has 5 rings (SSSR count). The molecule has 0 atom stereocenters. The van der Waals surface area contributed by atoms with Crippen LogP contribution < -0.4 is 5.73 Å². The molecule has 3 heteroatoms. The van der Waals surface area contributed by atoms with Crippen molar-refractivity contribution in [1.29, 1.82) is 0 Å². The van der Waals surface area contributed by atoms with E-state index in [-0.39, 0.29) is 12.1 Å². The number of rotatable bonds is 4.